The minimum atomic E-state index is -2.69. The van der Waals surface area contributed by atoms with Gasteiger partial charge >= 0.3 is 6.43 Å². The molecule has 2 aliphatic heterocycles. The molecule has 11 heteroatoms. The van der Waals surface area contributed by atoms with Gasteiger partial charge in [0.25, 0.3) is 0 Å². The molecule has 1 spiro atoms. The maximum atomic E-state index is 12.5. The van der Waals surface area contributed by atoms with Gasteiger partial charge in [0.1, 0.15) is 18.0 Å². The van der Waals surface area contributed by atoms with Crippen LogP contribution in [0, 0.1) is 0 Å². The zero-order chi connectivity index (χ0) is 21.3. The first-order valence-electron chi connectivity index (χ1n) is 9.61. The van der Waals surface area contributed by atoms with E-state index in [9.17, 15) is 8.78 Å². The number of halogens is 2. The van der Waals surface area contributed by atoms with Gasteiger partial charge in [0.15, 0.2) is 0 Å². The number of H-pyrrole nitrogens is 1. The predicted octanol–water partition coefficient (Wildman–Crippen LogP) is 0.429. The summed E-state index contributed by atoms with van der Waals surface area (Å²) < 4.78 is 27.4. The van der Waals surface area contributed by atoms with Crippen LogP contribution in [0.2, 0.25) is 0 Å². The average Bonchev–Trinajstić information content (AvgIpc) is 3.20. The minimum Gasteiger partial charge on any atom is -0.353 e. The molecule has 3 N–H and O–H groups in total. The number of piperazine rings is 1. The van der Waals surface area contributed by atoms with Crippen LogP contribution < -0.4 is 10.3 Å². The third-order valence-electron chi connectivity index (χ3n) is 5.73. The molecular weight excluding hydrogens is 410 g/mol. The summed E-state index contributed by atoms with van der Waals surface area (Å²) in [5.41, 5.74) is 1.04. The molecule has 0 saturated carbocycles. The van der Waals surface area contributed by atoms with Crippen LogP contribution in [0.4, 0.5) is 14.6 Å². The first-order valence-corrected chi connectivity index (χ1v) is 10.8. The summed E-state index contributed by atoms with van der Waals surface area (Å²) >= 11 is 1.78. The van der Waals surface area contributed by atoms with Gasteiger partial charge in [-0.05, 0) is 19.4 Å². The van der Waals surface area contributed by atoms with Gasteiger partial charge in [-0.15, -0.1) is 0 Å². The monoisotopic (exact) mass is 435 g/mol. The van der Waals surface area contributed by atoms with Crippen LogP contribution in [0.25, 0.3) is 17.5 Å². The number of alkyl halides is 2. The SMILES string of the molecule is CSN1CC2(C1)CN(c1cc(-c3cnc(/C=C\C(=[NH2+])C(F)F)[nH]3)ncn1)CCN2C. The number of likely N-dealkylation sites (N-methyl/N-ethyl adjacent to an activating group) is 1. The molecule has 0 amide bonds. The number of nitrogens with two attached hydrogens (primary N) is 1. The van der Waals surface area contributed by atoms with Crippen LogP contribution in [-0.4, -0.2) is 92.8 Å². The van der Waals surface area contributed by atoms with Gasteiger partial charge in [-0.1, -0.05) is 11.9 Å². The standard InChI is InChI=1S/C19H24F2N8S/c1-27-5-6-28(9-19(27)10-29(11-19)30-2)17-7-14(24-12-25-17)15-8-23-16(26-15)4-3-13(22)18(20)21/h3-4,7-8,12,18,22H,5-6,9-11H2,1-2H3,(H,23,26)/p+1/b4-3-,22-13?. The lowest BCUT2D eigenvalue weighted by Crippen LogP contribution is -2.74. The van der Waals surface area contributed by atoms with E-state index in [1.54, 1.807) is 24.5 Å². The third-order valence-corrected chi connectivity index (χ3v) is 6.51. The predicted molar refractivity (Wildman–Crippen MR) is 114 cm³/mol. The summed E-state index contributed by atoms with van der Waals surface area (Å²) in [5.74, 6) is 1.30. The van der Waals surface area contributed by atoms with Crippen LogP contribution in [0.1, 0.15) is 5.82 Å². The van der Waals surface area contributed by atoms with Gasteiger partial charge in [-0.3, -0.25) is 10.3 Å². The van der Waals surface area contributed by atoms with Crippen LogP contribution in [0.3, 0.4) is 0 Å². The fraction of sp³-hybridized carbons (Fsp3) is 0.474. The highest BCUT2D eigenvalue weighted by Crippen LogP contribution is 2.35. The van der Waals surface area contributed by atoms with E-state index in [-0.39, 0.29) is 5.54 Å². The summed E-state index contributed by atoms with van der Waals surface area (Å²) in [6.07, 6.45) is 5.16. The molecule has 0 aliphatic carbocycles. The molecule has 0 unspecified atom stereocenters. The minimum absolute atomic E-state index is 0.152. The van der Waals surface area contributed by atoms with Gasteiger partial charge in [-0.2, -0.15) is 8.78 Å². The molecule has 8 nitrogen and oxygen atoms in total. The molecular formula is C19H25F2N8S+. The molecule has 2 saturated heterocycles. The topological polar surface area (TPSA) is 89.8 Å². The lowest BCUT2D eigenvalue weighted by atomic mass is 9.87. The number of nitrogens with one attached hydrogen (secondary N) is 1. The van der Waals surface area contributed by atoms with E-state index < -0.39 is 12.1 Å². The van der Waals surface area contributed by atoms with E-state index >= 15 is 0 Å². The highest BCUT2D eigenvalue weighted by Gasteiger charge is 2.49. The number of imidazole rings is 1. The van der Waals surface area contributed by atoms with E-state index in [4.69, 9.17) is 5.41 Å². The Balaban J connectivity index is 1.49. The van der Waals surface area contributed by atoms with Gasteiger partial charge in [0.05, 0.1) is 23.1 Å². The second-order valence-corrected chi connectivity index (χ2v) is 8.51. The maximum Gasteiger partial charge on any atom is 0.320 e. The van der Waals surface area contributed by atoms with E-state index in [1.165, 1.54) is 6.08 Å². The molecule has 0 aromatic carbocycles. The maximum absolute atomic E-state index is 12.5. The van der Waals surface area contributed by atoms with Gasteiger partial charge in [-0.25, -0.2) is 19.3 Å². The van der Waals surface area contributed by atoms with Gasteiger partial charge in [0.2, 0.25) is 5.71 Å². The summed E-state index contributed by atoms with van der Waals surface area (Å²) in [7, 11) is 2.19. The second kappa shape index (κ2) is 8.40. The number of aromatic nitrogens is 4. The second-order valence-electron chi connectivity index (χ2n) is 7.63. The molecule has 2 aliphatic rings. The first-order chi connectivity index (χ1) is 14.4. The smallest absolute Gasteiger partial charge is 0.320 e. The van der Waals surface area contributed by atoms with Crippen molar-refractivity contribution in [1.82, 2.24) is 29.1 Å². The molecule has 2 fully saturated rings. The van der Waals surface area contributed by atoms with E-state index in [1.807, 2.05) is 6.07 Å². The Labute approximate surface area is 178 Å². The Morgan fingerprint density at radius 2 is 2.07 bits per heavy atom. The normalized spacial score (nSPS) is 19.7. The third kappa shape index (κ3) is 4.09. The highest BCUT2D eigenvalue weighted by molar-refractivity contribution is 7.96. The fourth-order valence-corrected chi connectivity index (χ4v) is 4.54. The first kappa shape index (κ1) is 20.9. The molecule has 30 heavy (non-hydrogen) atoms. The highest BCUT2D eigenvalue weighted by atomic mass is 32.2. The van der Waals surface area contributed by atoms with E-state index in [0.29, 0.717) is 17.2 Å². The lowest BCUT2D eigenvalue weighted by molar-refractivity contribution is -0.124. The van der Waals surface area contributed by atoms with Crippen molar-refractivity contribution in [2.75, 3.05) is 50.9 Å². The molecule has 2 aromatic rings. The number of nitrogens with zero attached hydrogens (tertiary/aromatic N) is 6. The van der Waals surface area contributed by atoms with E-state index in [2.05, 4.69) is 47.3 Å². The molecule has 0 atom stereocenters. The lowest BCUT2D eigenvalue weighted by Gasteiger charge is -2.58. The fourth-order valence-electron chi connectivity index (χ4n) is 3.81. The van der Waals surface area contributed by atoms with Gasteiger partial charge < -0.3 is 9.88 Å². The average molecular weight is 436 g/mol. The Bertz CT molecular complexity index is 940. The zero-order valence-corrected chi connectivity index (χ0v) is 17.7. The number of allylic oxidation sites excluding steroid dienone is 1. The summed E-state index contributed by atoms with van der Waals surface area (Å²) in [6.45, 7) is 4.86. The molecule has 2 aromatic heterocycles. The molecule has 0 radical (unpaired) electrons. The largest absolute Gasteiger partial charge is 0.353 e. The van der Waals surface area contributed by atoms with Crippen LogP contribution in [0.5, 0.6) is 0 Å². The van der Waals surface area contributed by atoms with Crippen molar-refractivity contribution < 1.29 is 14.2 Å². The van der Waals surface area contributed by atoms with Crippen LogP contribution >= 0.6 is 11.9 Å². The zero-order valence-electron chi connectivity index (χ0n) is 16.9. The quantitative estimate of drug-likeness (QED) is 0.502. The Morgan fingerprint density at radius 1 is 1.27 bits per heavy atom. The van der Waals surface area contributed by atoms with Crippen LogP contribution in [0.15, 0.2) is 24.7 Å². The number of aromatic amines is 1. The molecule has 160 valence electrons. The Hall–Kier alpha value is -2.37. The van der Waals surface area contributed by atoms with Crippen molar-refractivity contribution in [2.24, 2.45) is 0 Å². The Kier molecular flexibility index (Phi) is 5.85. The van der Waals surface area contributed by atoms with Crippen molar-refractivity contribution >= 4 is 29.6 Å². The van der Waals surface area contributed by atoms with Crippen molar-refractivity contribution in [3.63, 3.8) is 0 Å². The van der Waals surface area contributed by atoms with Gasteiger partial charge in [0, 0.05) is 44.9 Å². The Morgan fingerprint density at radius 3 is 2.80 bits per heavy atom. The number of rotatable bonds is 6. The van der Waals surface area contributed by atoms with Crippen LogP contribution in [-0.2, 0) is 0 Å². The molecule has 4 rings (SSSR count). The van der Waals surface area contributed by atoms with E-state index in [0.717, 1.165) is 44.6 Å². The molecule has 4 heterocycles. The van der Waals surface area contributed by atoms with Crippen molar-refractivity contribution in [2.45, 2.75) is 12.0 Å². The van der Waals surface area contributed by atoms with Crippen molar-refractivity contribution in [1.29, 1.82) is 0 Å². The molecule has 0 bridgehead atoms. The number of hydrogen-bond acceptors (Lipinski definition) is 7. The summed E-state index contributed by atoms with van der Waals surface area (Å²) in [5, 5.41) is 5.25. The van der Waals surface area contributed by atoms with Crippen molar-refractivity contribution in [3.05, 3.63) is 30.5 Å². The summed E-state index contributed by atoms with van der Waals surface area (Å²) in [4.78, 5) is 20.9. The van der Waals surface area contributed by atoms with Crippen molar-refractivity contribution in [3.8, 4) is 11.4 Å². The number of hydrogen-bond donors (Lipinski definition) is 2. The number of anilines is 1. The summed E-state index contributed by atoms with van der Waals surface area (Å²) in [6, 6.07) is 1.94.